The number of hydrogen-bond donors (Lipinski definition) is 0. The second-order valence-corrected chi connectivity index (χ2v) is 4.94. The molecule has 1 aliphatic rings. The number of rotatable bonds is 1. The normalized spacial score (nSPS) is 19.9. The van der Waals surface area contributed by atoms with E-state index in [9.17, 15) is 4.79 Å². The van der Waals surface area contributed by atoms with Gasteiger partial charge in [-0.15, -0.1) is 0 Å². The van der Waals surface area contributed by atoms with Crippen LogP contribution in [-0.4, -0.2) is 9.78 Å². The second-order valence-electron chi connectivity index (χ2n) is 4.15. The molecule has 1 aromatic heterocycles. The first-order valence-electron chi connectivity index (χ1n) is 5.28. The van der Waals surface area contributed by atoms with Crippen LogP contribution in [0.3, 0.4) is 0 Å². The summed E-state index contributed by atoms with van der Waals surface area (Å²) < 4.78 is 1.38. The van der Waals surface area contributed by atoms with Crippen LogP contribution >= 0.6 is 23.2 Å². The van der Waals surface area contributed by atoms with E-state index in [2.05, 4.69) is 5.10 Å². The SMILES string of the molecule is CC1=C(C)CC(n2ncc(Cl)c(Cl)c2=O)C=C1. The van der Waals surface area contributed by atoms with Crippen molar-refractivity contribution in [3.63, 3.8) is 0 Å². The Labute approximate surface area is 109 Å². The highest BCUT2D eigenvalue weighted by molar-refractivity contribution is 6.41. The van der Waals surface area contributed by atoms with E-state index in [0.717, 1.165) is 6.42 Å². The molecule has 1 aromatic rings. The van der Waals surface area contributed by atoms with Crippen LogP contribution in [0.5, 0.6) is 0 Å². The molecular formula is C12H12Cl2N2O. The standard InChI is InChI=1S/C12H12Cl2N2O/c1-7-3-4-9(5-8(7)2)16-12(17)11(14)10(13)6-15-16/h3-4,6,9H,5H2,1-2H3. The predicted molar refractivity (Wildman–Crippen MR) is 69.7 cm³/mol. The van der Waals surface area contributed by atoms with Gasteiger partial charge in [-0.25, -0.2) is 4.68 Å². The van der Waals surface area contributed by atoms with E-state index >= 15 is 0 Å². The zero-order valence-electron chi connectivity index (χ0n) is 9.58. The van der Waals surface area contributed by atoms with Crippen molar-refractivity contribution < 1.29 is 0 Å². The summed E-state index contributed by atoms with van der Waals surface area (Å²) in [6.45, 7) is 4.10. The van der Waals surface area contributed by atoms with Gasteiger partial charge in [0, 0.05) is 0 Å². The molecule has 0 radical (unpaired) electrons. The molecule has 0 aliphatic heterocycles. The van der Waals surface area contributed by atoms with Crippen LogP contribution in [-0.2, 0) is 0 Å². The van der Waals surface area contributed by atoms with E-state index in [0.29, 0.717) is 0 Å². The average molecular weight is 271 g/mol. The number of allylic oxidation sites excluding steroid dienone is 4. The van der Waals surface area contributed by atoms with E-state index in [-0.39, 0.29) is 21.6 Å². The van der Waals surface area contributed by atoms with Gasteiger partial charge in [0.05, 0.1) is 17.3 Å². The summed E-state index contributed by atoms with van der Waals surface area (Å²) in [5, 5.41) is 4.25. The molecule has 0 saturated heterocycles. The first-order valence-corrected chi connectivity index (χ1v) is 6.03. The number of halogens is 2. The average Bonchev–Trinajstić information content (AvgIpc) is 2.30. The lowest BCUT2D eigenvalue weighted by atomic mass is 9.96. The molecule has 5 heteroatoms. The fraction of sp³-hybridized carbons (Fsp3) is 0.333. The fourth-order valence-electron chi connectivity index (χ4n) is 1.77. The van der Waals surface area contributed by atoms with Crippen molar-refractivity contribution in [2.24, 2.45) is 0 Å². The van der Waals surface area contributed by atoms with E-state index < -0.39 is 0 Å². The quantitative estimate of drug-likeness (QED) is 0.784. The molecule has 3 nitrogen and oxygen atoms in total. The minimum absolute atomic E-state index is 0.0268. The summed E-state index contributed by atoms with van der Waals surface area (Å²) >= 11 is 11.6. The van der Waals surface area contributed by atoms with Crippen molar-refractivity contribution in [1.29, 1.82) is 0 Å². The molecule has 0 fully saturated rings. The molecule has 1 atom stereocenters. The summed E-state index contributed by atoms with van der Waals surface area (Å²) in [6, 6.07) is -0.0824. The van der Waals surface area contributed by atoms with E-state index in [4.69, 9.17) is 23.2 Å². The lowest BCUT2D eigenvalue weighted by Gasteiger charge is -2.20. The molecule has 0 amide bonds. The van der Waals surface area contributed by atoms with Crippen LogP contribution in [0.4, 0.5) is 0 Å². The van der Waals surface area contributed by atoms with Gasteiger partial charge >= 0.3 is 0 Å². The van der Waals surface area contributed by atoms with Crippen molar-refractivity contribution in [2.45, 2.75) is 26.3 Å². The molecule has 17 heavy (non-hydrogen) atoms. The van der Waals surface area contributed by atoms with E-state index in [1.807, 2.05) is 26.0 Å². The highest BCUT2D eigenvalue weighted by atomic mass is 35.5. The highest BCUT2D eigenvalue weighted by Gasteiger charge is 2.17. The van der Waals surface area contributed by atoms with Gasteiger partial charge in [-0.2, -0.15) is 5.10 Å². The maximum absolute atomic E-state index is 11.9. The molecular weight excluding hydrogens is 259 g/mol. The number of nitrogens with zero attached hydrogens (tertiary/aromatic N) is 2. The van der Waals surface area contributed by atoms with Crippen LogP contribution in [0, 0.1) is 0 Å². The van der Waals surface area contributed by atoms with Crippen molar-refractivity contribution in [2.75, 3.05) is 0 Å². The Kier molecular flexibility index (Phi) is 3.40. The van der Waals surface area contributed by atoms with Crippen LogP contribution in [0.1, 0.15) is 26.3 Å². The van der Waals surface area contributed by atoms with Crippen LogP contribution in [0.2, 0.25) is 10.0 Å². The molecule has 2 rings (SSSR count). The van der Waals surface area contributed by atoms with Crippen molar-refractivity contribution in [1.82, 2.24) is 9.78 Å². The summed E-state index contributed by atoms with van der Waals surface area (Å²) in [6.07, 6.45) is 6.13. The third-order valence-corrected chi connectivity index (χ3v) is 3.72. The van der Waals surface area contributed by atoms with Crippen LogP contribution < -0.4 is 5.56 Å². The Balaban J connectivity index is 2.42. The van der Waals surface area contributed by atoms with Gasteiger partial charge in [-0.05, 0) is 20.3 Å². The van der Waals surface area contributed by atoms with E-state index in [1.165, 1.54) is 22.0 Å². The van der Waals surface area contributed by atoms with Gasteiger partial charge in [-0.1, -0.05) is 46.5 Å². The lowest BCUT2D eigenvalue weighted by molar-refractivity contribution is 0.500. The summed E-state index contributed by atoms with van der Waals surface area (Å²) in [7, 11) is 0. The Morgan fingerprint density at radius 2 is 2.12 bits per heavy atom. The third-order valence-electron chi connectivity index (χ3n) is 2.97. The smallest absolute Gasteiger partial charge is 0.266 e. The first kappa shape index (κ1) is 12.4. The minimum Gasteiger partial charge on any atom is -0.266 e. The van der Waals surface area contributed by atoms with Gasteiger partial charge in [0.25, 0.3) is 5.56 Å². The molecule has 1 heterocycles. The van der Waals surface area contributed by atoms with Gasteiger partial charge in [0.1, 0.15) is 5.02 Å². The zero-order valence-corrected chi connectivity index (χ0v) is 11.1. The van der Waals surface area contributed by atoms with Gasteiger partial charge < -0.3 is 0 Å². The Hall–Kier alpha value is -1.06. The molecule has 0 aromatic carbocycles. The zero-order chi connectivity index (χ0) is 12.6. The van der Waals surface area contributed by atoms with Crippen molar-refractivity contribution in [3.05, 3.63) is 49.9 Å². The largest absolute Gasteiger partial charge is 0.287 e. The number of hydrogen-bond acceptors (Lipinski definition) is 2. The number of aromatic nitrogens is 2. The molecule has 0 bridgehead atoms. The topological polar surface area (TPSA) is 34.9 Å². The first-order chi connectivity index (χ1) is 8.00. The Morgan fingerprint density at radius 1 is 1.41 bits per heavy atom. The molecule has 0 N–H and O–H groups in total. The van der Waals surface area contributed by atoms with Gasteiger partial charge in [-0.3, -0.25) is 4.79 Å². The molecule has 1 aliphatic carbocycles. The summed E-state index contributed by atoms with van der Waals surface area (Å²) in [5.74, 6) is 0. The molecule has 0 saturated carbocycles. The maximum atomic E-state index is 11.9. The second kappa shape index (κ2) is 4.67. The molecule has 90 valence electrons. The summed E-state index contributed by atoms with van der Waals surface area (Å²) in [5.41, 5.74) is 2.13. The monoisotopic (exact) mass is 270 g/mol. The maximum Gasteiger partial charge on any atom is 0.287 e. The van der Waals surface area contributed by atoms with E-state index in [1.54, 1.807) is 0 Å². The minimum atomic E-state index is -0.346. The predicted octanol–water partition coefficient (Wildman–Crippen LogP) is 3.39. The van der Waals surface area contributed by atoms with Crippen LogP contribution in [0.25, 0.3) is 0 Å². The summed E-state index contributed by atoms with van der Waals surface area (Å²) in [4.78, 5) is 11.9. The van der Waals surface area contributed by atoms with Gasteiger partial charge in [0.2, 0.25) is 0 Å². The van der Waals surface area contributed by atoms with Gasteiger partial charge in [0.15, 0.2) is 0 Å². The Morgan fingerprint density at radius 3 is 2.76 bits per heavy atom. The lowest BCUT2D eigenvalue weighted by Crippen LogP contribution is -2.27. The van der Waals surface area contributed by atoms with Crippen molar-refractivity contribution >= 4 is 23.2 Å². The third kappa shape index (κ3) is 2.31. The van der Waals surface area contributed by atoms with Crippen LogP contribution in [0.15, 0.2) is 34.3 Å². The Bertz CT molecular complexity index is 572. The molecule has 1 unspecified atom stereocenters. The molecule has 0 spiro atoms. The van der Waals surface area contributed by atoms with Crippen molar-refractivity contribution in [3.8, 4) is 0 Å². The fourth-order valence-corrected chi connectivity index (χ4v) is 2.03. The highest BCUT2D eigenvalue weighted by Crippen LogP contribution is 2.26.